The molecule has 1 heterocycles. The number of nitrogens with zero attached hydrogens (tertiary/aromatic N) is 1. The topological polar surface area (TPSA) is 61.6 Å². The van der Waals surface area contributed by atoms with Crippen LogP contribution in [0.1, 0.15) is 12.5 Å². The minimum absolute atomic E-state index is 0.0506. The van der Waals surface area contributed by atoms with E-state index in [1.807, 2.05) is 6.92 Å². The van der Waals surface area contributed by atoms with Gasteiger partial charge in [0.2, 0.25) is 0 Å². The molecule has 5 nitrogen and oxygen atoms in total. The second kappa shape index (κ2) is 3.42. The molecule has 0 aliphatic carbocycles. The third kappa shape index (κ3) is 1.60. The quantitative estimate of drug-likeness (QED) is 0.551. The van der Waals surface area contributed by atoms with Gasteiger partial charge in [-0.2, -0.15) is 0 Å². The highest BCUT2D eigenvalue weighted by atomic mass is 16.6. The van der Waals surface area contributed by atoms with Crippen LogP contribution in [0.2, 0.25) is 0 Å². The van der Waals surface area contributed by atoms with Crippen LogP contribution in [0.4, 0.5) is 5.69 Å². The van der Waals surface area contributed by atoms with E-state index in [1.54, 1.807) is 6.07 Å². The smallest absolute Gasteiger partial charge is 0.314 e. The molecule has 1 aliphatic heterocycles. The number of ether oxygens (including phenoxy) is 2. The maximum absolute atomic E-state index is 10.7. The average molecular weight is 209 g/mol. The van der Waals surface area contributed by atoms with E-state index in [0.29, 0.717) is 5.75 Å². The lowest BCUT2D eigenvalue weighted by molar-refractivity contribution is -0.385. The summed E-state index contributed by atoms with van der Waals surface area (Å²) < 4.78 is 10.4. The molecule has 2 rings (SSSR count). The fraction of sp³-hybridized carbons (Fsp3) is 0.400. The van der Waals surface area contributed by atoms with Crippen LogP contribution < -0.4 is 9.47 Å². The molecule has 1 unspecified atom stereocenters. The number of nitro benzene ring substituents is 1. The van der Waals surface area contributed by atoms with E-state index in [4.69, 9.17) is 9.47 Å². The monoisotopic (exact) mass is 209 g/mol. The van der Waals surface area contributed by atoms with E-state index in [9.17, 15) is 10.1 Å². The van der Waals surface area contributed by atoms with Gasteiger partial charge in [-0.1, -0.05) is 0 Å². The largest absolute Gasteiger partial charge is 0.490 e. The van der Waals surface area contributed by atoms with Crippen molar-refractivity contribution in [3.05, 3.63) is 27.8 Å². The minimum atomic E-state index is -0.467. The van der Waals surface area contributed by atoms with Crippen LogP contribution >= 0.6 is 0 Å². The highest BCUT2D eigenvalue weighted by Crippen LogP contribution is 2.38. The molecular formula is C10H11NO4. The van der Waals surface area contributed by atoms with Gasteiger partial charge in [0, 0.05) is 12.0 Å². The van der Waals surface area contributed by atoms with Crippen molar-refractivity contribution in [1.82, 2.24) is 0 Å². The first-order valence-electron chi connectivity index (χ1n) is 4.63. The number of hydrogen-bond donors (Lipinski definition) is 0. The molecule has 1 aromatic carbocycles. The second-order valence-corrected chi connectivity index (χ2v) is 3.52. The van der Waals surface area contributed by atoms with Crippen molar-refractivity contribution in [3.8, 4) is 11.5 Å². The van der Waals surface area contributed by atoms with Crippen molar-refractivity contribution in [2.75, 3.05) is 7.11 Å². The van der Waals surface area contributed by atoms with Gasteiger partial charge in [0.05, 0.1) is 18.1 Å². The Kier molecular flexibility index (Phi) is 2.22. The van der Waals surface area contributed by atoms with Crippen LogP contribution in [-0.2, 0) is 6.42 Å². The molecule has 0 spiro atoms. The Balaban J connectivity index is 2.50. The molecule has 0 radical (unpaired) electrons. The van der Waals surface area contributed by atoms with Gasteiger partial charge in [0.15, 0.2) is 5.75 Å². The summed E-state index contributed by atoms with van der Waals surface area (Å²) in [5.74, 6) is 0.881. The van der Waals surface area contributed by atoms with Crippen LogP contribution in [0, 0.1) is 10.1 Å². The van der Waals surface area contributed by atoms with E-state index < -0.39 is 4.92 Å². The molecule has 0 saturated carbocycles. The minimum Gasteiger partial charge on any atom is -0.490 e. The number of benzene rings is 1. The molecule has 15 heavy (non-hydrogen) atoms. The zero-order valence-electron chi connectivity index (χ0n) is 8.52. The number of nitro groups is 1. The van der Waals surface area contributed by atoms with E-state index in [1.165, 1.54) is 13.2 Å². The van der Waals surface area contributed by atoms with Crippen LogP contribution in [0.15, 0.2) is 12.1 Å². The van der Waals surface area contributed by atoms with Crippen molar-refractivity contribution in [3.63, 3.8) is 0 Å². The average Bonchev–Trinajstić information content (AvgIpc) is 2.54. The predicted octanol–water partition coefficient (Wildman–Crippen LogP) is 1.93. The SMILES string of the molecule is COc1cc2c(cc1[N+](=O)[O-])OC(C)C2. The number of hydrogen-bond acceptors (Lipinski definition) is 4. The highest BCUT2D eigenvalue weighted by Gasteiger charge is 2.25. The molecule has 80 valence electrons. The van der Waals surface area contributed by atoms with Crippen LogP contribution in [0.5, 0.6) is 11.5 Å². The molecular weight excluding hydrogens is 198 g/mol. The maximum Gasteiger partial charge on any atom is 0.314 e. The molecule has 1 aliphatic rings. The van der Waals surface area contributed by atoms with Gasteiger partial charge in [0.25, 0.3) is 0 Å². The summed E-state index contributed by atoms with van der Waals surface area (Å²) in [6, 6.07) is 3.11. The third-order valence-corrected chi connectivity index (χ3v) is 2.39. The molecule has 0 amide bonds. The van der Waals surface area contributed by atoms with Crippen molar-refractivity contribution < 1.29 is 14.4 Å². The zero-order chi connectivity index (χ0) is 11.0. The summed E-state index contributed by atoms with van der Waals surface area (Å²) in [7, 11) is 1.42. The van der Waals surface area contributed by atoms with Gasteiger partial charge in [-0.15, -0.1) is 0 Å². The Bertz CT molecular complexity index is 416. The fourth-order valence-corrected chi connectivity index (χ4v) is 1.73. The number of rotatable bonds is 2. The van der Waals surface area contributed by atoms with E-state index >= 15 is 0 Å². The van der Waals surface area contributed by atoms with Crippen molar-refractivity contribution in [2.45, 2.75) is 19.4 Å². The Labute approximate surface area is 86.8 Å². The molecule has 0 bridgehead atoms. The summed E-state index contributed by atoms with van der Waals surface area (Å²) in [6.45, 7) is 1.93. The lowest BCUT2D eigenvalue weighted by Crippen LogP contribution is -2.05. The standard InChI is InChI=1S/C10H11NO4/c1-6-3-7-4-10(14-2)8(11(12)13)5-9(7)15-6/h4-6H,3H2,1-2H3. The predicted molar refractivity (Wildman–Crippen MR) is 53.4 cm³/mol. The molecule has 1 aromatic rings. The lowest BCUT2D eigenvalue weighted by atomic mass is 10.1. The van der Waals surface area contributed by atoms with Gasteiger partial charge in [-0.25, -0.2) is 0 Å². The first-order valence-corrected chi connectivity index (χ1v) is 4.63. The van der Waals surface area contributed by atoms with Crippen molar-refractivity contribution in [1.29, 1.82) is 0 Å². The normalized spacial score (nSPS) is 18.1. The fourth-order valence-electron chi connectivity index (χ4n) is 1.73. The summed E-state index contributed by atoms with van der Waals surface area (Å²) in [4.78, 5) is 10.3. The summed E-state index contributed by atoms with van der Waals surface area (Å²) >= 11 is 0. The van der Waals surface area contributed by atoms with Crippen molar-refractivity contribution in [2.24, 2.45) is 0 Å². The van der Waals surface area contributed by atoms with Crippen LogP contribution in [-0.4, -0.2) is 18.1 Å². The van der Waals surface area contributed by atoms with E-state index in [2.05, 4.69) is 0 Å². The molecule has 0 saturated heterocycles. The Morgan fingerprint density at radius 3 is 2.93 bits per heavy atom. The Morgan fingerprint density at radius 2 is 2.33 bits per heavy atom. The van der Waals surface area contributed by atoms with Crippen molar-refractivity contribution >= 4 is 5.69 Å². The lowest BCUT2D eigenvalue weighted by Gasteiger charge is -2.04. The first-order chi connectivity index (χ1) is 7.11. The molecule has 0 N–H and O–H groups in total. The zero-order valence-corrected chi connectivity index (χ0v) is 8.52. The van der Waals surface area contributed by atoms with Gasteiger partial charge in [0.1, 0.15) is 11.9 Å². The maximum atomic E-state index is 10.7. The first kappa shape index (κ1) is 9.76. The van der Waals surface area contributed by atoms with Gasteiger partial charge in [-0.05, 0) is 13.0 Å². The molecule has 0 fully saturated rings. The summed E-state index contributed by atoms with van der Waals surface area (Å²) in [6.07, 6.45) is 0.843. The van der Waals surface area contributed by atoms with Gasteiger partial charge in [-0.3, -0.25) is 10.1 Å². The van der Waals surface area contributed by atoms with Gasteiger partial charge >= 0.3 is 5.69 Å². The van der Waals surface area contributed by atoms with Gasteiger partial charge < -0.3 is 9.47 Å². The highest BCUT2D eigenvalue weighted by molar-refractivity contribution is 5.56. The number of methoxy groups -OCH3 is 1. The summed E-state index contributed by atoms with van der Waals surface area (Å²) in [5, 5.41) is 10.7. The number of fused-ring (bicyclic) bond motifs is 1. The van der Waals surface area contributed by atoms with Crippen LogP contribution in [0.25, 0.3) is 0 Å². The van der Waals surface area contributed by atoms with E-state index in [0.717, 1.165) is 12.0 Å². The summed E-state index contributed by atoms with van der Waals surface area (Å²) in [5.41, 5.74) is 0.912. The second-order valence-electron chi connectivity index (χ2n) is 3.52. The van der Waals surface area contributed by atoms with E-state index in [-0.39, 0.29) is 17.5 Å². The third-order valence-electron chi connectivity index (χ3n) is 2.39. The Morgan fingerprint density at radius 1 is 1.60 bits per heavy atom. The molecule has 1 atom stereocenters. The molecule has 0 aromatic heterocycles. The molecule has 5 heteroatoms. The Hall–Kier alpha value is -1.78. The van der Waals surface area contributed by atoms with Crippen LogP contribution in [0.3, 0.4) is 0 Å².